The molecule has 19 heavy (non-hydrogen) atoms. The Bertz CT molecular complexity index is 547. The van der Waals surface area contributed by atoms with Gasteiger partial charge in [-0.1, -0.05) is 11.6 Å². The zero-order valence-corrected chi connectivity index (χ0v) is 12.1. The van der Waals surface area contributed by atoms with Gasteiger partial charge in [-0.05, 0) is 68.8 Å². The minimum Gasteiger partial charge on any atom is -0.491 e. The highest BCUT2D eigenvalue weighted by molar-refractivity contribution is 6.30. The van der Waals surface area contributed by atoms with Crippen LogP contribution in [0, 0.1) is 6.92 Å². The second kappa shape index (κ2) is 5.98. The highest BCUT2D eigenvalue weighted by Crippen LogP contribution is 2.28. The first kappa shape index (κ1) is 13.8. The Kier molecular flexibility index (Phi) is 4.33. The van der Waals surface area contributed by atoms with Crippen LogP contribution >= 0.6 is 11.6 Å². The molecule has 2 rings (SSSR count). The highest BCUT2D eigenvalue weighted by Gasteiger charge is 2.03. The Morgan fingerprint density at radius 3 is 2.16 bits per heavy atom. The molecule has 0 saturated carbocycles. The fraction of sp³-hybridized carbons (Fsp3) is 0.250. The number of hydrogen-bond acceptors (Lipinski definition) is 2. The highest BCUT2D eigenvalue weighted by atomic mass is 35.5. The molecular formula is C16H17ClO2. The van der Waals surface area contributed by atoms with E-state index in [0.717, 1.165) is 22.8 Å². The van der Waals surface area contributed by atoms with Crippen molar-refractivity contribution < 1.29 is 9.47 Å². The summed E-state index contributed by atoms with van der Waals surface area (Å²) in [5, 5.41) is 0.713. The maximum atomic E-state index is 5.92. The van der Waals surface area contributed by atoms with Crippen molar-refractivity contribution in [3.8, 4) is 17.2 Å². The summed E-state index contributed by atoms with van der Waals surface area (Å²) in [5.41, 5.74) is 1.01. The summed E-state index contributed by atoms with van der Waals surface area (Å²) in [6, 6.07) is 13.2. The van der Waals surface area contributed by atoms with Crippen molar-refractivity contribution >= 4 is 11.6 Å². The molecule has 0 aliphatic heterocycles. The first-order valence-corrected chi connectivity index (χ1v) is 6.63. The van der Waals surface area contributed by atoms with Crippen molar-refractivity contribution in [1.29, 1.82) is 0 Å². The molecule has 0 aliphatic carbocycles. The van der Waals surface area contributed by atoms with Gasteiger partial charge in [-0.2, -0.15) is 0 Å². The van der Waals surface area contributed by atoms with Crippen LogP contribution in [-0.4, -0.2) is 6.10 Å². The summed E-state index contributed by atoms with van der Waals surface area (Å²) < 4.78 is 11.4. The Labute approximate surface area is 118 Å². The quantitative estimate of drug-likeness (QED) is 0.761. The van der Waals surface area contributed by atoms with Gasteiger partial charge in [0.15, 0.2) is 0 Å². The number of aryl methyl sites for hydroxylation is 1. The molecule has 0 atom stereocenters. The largest absolute Gasteiger partial charge is 0.491 e. The zero-order valence-electron chi connectivity index (χ0n) is 11.3. The number of rotatable bonds is 4. The predicted octanol–water partition coefficient (Wildman–Crippen LogP) is 5.23. The molecule has 3 heteroatoms. The topological polar surface area (TPSA) is 18.5 Å². The maximum Gasteiger partial charge on any atom is 0.130 e. The predicted molar refractivity (Wildman–Crippen MR) is 78.5 cm³/mol. The molecule has 0 aliphatic rings. The molecule has 0 saturated heterocycles. The molecule has 0 radical (unpaired) electrons. The van der Waals surface area contributed by atoms with Crippen LogP contribution < -0.4 is 9.47 Å². The number of hydrogen-bond donors (Lipinski definition) is 0. The summed E-state index contributed by atoms with van der Waals surface area (Å²) in [6.07, 6.45) is 0.172. The van der Waals surface area contributed by atoms with E-state index in [4.69, 9.17) is 21.1 Å². The third-order valence-corrected chi connectivity index (χ3v) is 2.80. The van der Waals surface area contributed by atoms with E-state index in [0.29, 0.717) is 5.02 Å². The Morgan fingerprint density at radius 1 is 0.947 bits per heavy atom. The minimum absolute atomic E-state index is 0.172. The minimum atomic E-state index is 0.172. The van der Waals surface area contributed by atoms with Gasteiger partial charge in [0.2, 0.25) is 0 Å². The third-order valence-electron chi connectivity index (χ3n) is 2.56. The van der Waals surface area contributed by atoms with E-state index in [1.807, 2.05) is 63.2 Å². The Balaban J connectivity index is 2.10. The van der Waals surface area contributed by atoms with Crippen LogP contribution in [0.15, 0.2) is 42.5 Å². The van der Waals surface area contributed by atoms with Gasteiger partial charge in [-0.3, -0.25) is 0 Å². The summed E-state index contributed by atoms with van der Waals surface area (Å²) >= 11 is 5.92. The van der Waals surface area contributed by atoms with Crippen LogP contribution in [0.1, 0.15) is 19.4 Å². The Morgan fingerprint density at radius 2 is 1.58 bits per heavy atom. The lowest BCUT2D eigenvalue weighted by Crippen LogP contribution is -2.05. The first-order valence-electron chi connectivity index (χ1n) is 6.25. The summed E-state index contributed by atoms with van der Waals surface area (Å²) in [4.78, 5) is 0. The molecule has 0 spiro atoms. The van der Waals surface area contributed by atoms with Crippen LogP contribution in [0.3, 0.4) is 0 Å². The molecule has 2 aromatic carbocycles. The summed E-state index contributed by atoms with van der Waals surface area (Å²) in [6.45, 7) is 5.97. The maximum absolute atomic E-state index is 5.92. The van der Waals surface area contributed by atoms with Gasteiger partial charge in [-0.15, -0.1) is 0 Å². The van der Waals surface area contributed by atoms with Gasteiger partial charge < -0.3 is 9.47 Å². The van der Waals surface area contributed by atoms with Crippen LogP contribution in [-0.2, 0) is 0 Å². The van der Waals surface area contributed by atoms with Crippen LogP contribution in [0.25, 0.3) is 0 Å². The SMILES string of the molecule is Cc1cc(Cl)ccc1Oc1ccc(OC(C)C)cc1. The van der Waals surface area contributed by atoms with E-state index < -0.39 is 0 Å². The molecule has 2 aromatic rings. The van der Waals surface area contributed by atoms with E-state index in [2.05, 4.69) is 0 Å². The van der Waals surface area contributed by atoms with Crippen molar-refractivity contribution in [3.05, 3.63) is 53.1 Å². The molecule has 0 bridgehead atoms. The van der Waals surface area contributed by atoms with Gasteiger partial charge in [0, 0.05) is 5.02 Å². The molecule has 0 heterocycles. The van der Waals surface area contributed by atoms with Gasteiger partial charge in [0.1, 0.15) is 17.2 Å². The smallest absolute Gasteiger partial charge is 0.130 e. The van der Waals surface area contributed by atoms with Crippen molar-refractivity contribution in [2.45, 2.75) is 26.9 Å². The number of benzene rings is 2. The van der Waals surface area contributed by atoms with Crippen molar-refractivity contribution in [3.63, 3.8) is 0 Å². The molecule has 2 nitrogen and oxygen atoms in total. The molecule has 0 aromatic heterocycles. The van der Waals surface area contributed by atoms with E-state index in [-0.39, 0.29) is 6.10 Å². The van der Waals surface area contributed by atoms with Crippen molar-refractivity contribution in [2.24, 2.45) is 0 Å². The van der Waals surface area contributed by atoms with Gasteiger partial charge in [-0.25, -0.2) is 0 Å². The van der Waals surface area contributed by atoms with Gasteiger partial charge in [0.05, 0.1) is 6.10 Å². The second-order valence-corrected chi connectivity index (χ2v) is 5.09. The molecule has 0 unspecified atom stereocenters. The average Bonchev–Trinajstić information content (AvgIpc) is 2.34. The van der Waals surface area contributed by atoms with E-state index in [1.165, 1.54) is 0 Å². The molecule has 100 valence electrons. The van der Waals surface area contributed by atoms with Crippen molar-refractivity contribution in [2.75, 3.05) is 0 Å². The molecule has 0 amide bonds. The third kappa shape index (κ3) is 3.90. The van der Waals surface area contributed by atoms with Crippen molar-refractivity contribution in [1.82, 2.24) is 0 Å². The lowest BCUT2D eigenvalue weighted by molar-refractivity contribution is 0.242. The zero-order chi connectivity index (χ0) is 13.8. The Hall–Kier alpha value is -1.67. The molecule has 0 N–H and O–H groups in total. The fourth-order valence-corrected chi connectivity index (χ4v) is 1.94. The van der Waals surface area contributed by atoms with Gasteiger partial charge in [0.25, 0.3) is 0 Å². The standard InChI is InChI=1S/C16H17ClO2/c1-11(2)18-14-5-7-15(8-6-14)19-16-9-4-13(17)10-12(16)3/h4-11H,1-3H3. The van der Waals surface area contributed by atoms with E-state index >= 15 is 0 Å². The fourth-order valence-electron chi connectivity index (χ4n) is 1.71. The molecule has 0 fully saturated rings. The average molecular weight is 277 g/mol. The summed E-state index contributed by atoms with van der Waals surface area (Å²) in [7, 11) is 0. The normalized spacial score (nSPS) is 10.6. The van der Waals surface area contributed by atoms with Crippen LogP contribution in [0.4, 0.5) is 0 Å². The lowest BCUT2D eigenvalue weighted by atomic mass is 10.2. The second-order valence-electron chi connectivity index (χ2n) is 4.65. The van der Waals surface area contributed by atoms with E-state index in [1.54, 1.807) is 0 Å². The first-order chi connectivity index (χ1) is 9.04. The molecular weight excluding hydrogens is 260 g/mol. The number of ether oxygens (including phenoxy) is 2. The monoisotopic (exact) mass is 276 g/mol. The lowest BCUT2D eigenvalue weighted by Gasteiger charge is -2.11. The van der Waals surface area contributed by atoms with Crippen LogP contribution in [0.2, 0.25) is 5.02 Å². The van der Waals surface area contributed by atoms with E-state index in [9.17, 15) is 0 Å². The number of halogens is 1. The van der Waals surface area contributed by atoms with Gasteiger partial charge >= 0.3 is 0 Å². The summed E-state index contributed by atoms with van der Waals surface area (Å²) in [5.74, 6) is 2.43. The van der Waals surface area contributed by atoms with Crippen LogP contribution in [0.5, 0.6) is 17.2 Å².